The molecular weight excluding hydrogens is 437 g/mol. The summed E-state index contributed by atoms with van der Waals surface area (Å²) in [4.78, 5) is 6.66. The number of rotatable bonds is 5. The average molecular weight is 466 g/mol. The second-order valence-electron chi connectivity index (χ2n) is 6.72. The van der Waals surface area contributed by atoms with Crippen LogP contribution in [0.1, 0.15) is 26.3 Å². The van der Waals surface area contributed by atoms with Crippen molar-refractivity contribution in [1.82, 2.24) is 15.5 Å². The van der Waals surface area contributed by atoms with E-state index >= 15 is 0 Å². The second kappa shape index (κ2) is 10.3. The summed E-state index contributed by atoms with van der Waals surface area (Å²) >= 11 is 0. The molecule has 1 aromatic rings. The number of nitrogens with zero attached hydrogens (tertiary/aromatic N) is 2. The number of nitrogens with one attached hydrogen (secondary N) is 2. The van der Waals surface area contributed by atoms with Crippen LogP contribution >= 0.6 is 24.0 Å². The van der Waals surface area contributed by atoms with Gasteiger partial charge in [-0.3, -0.25) is 9.89 Å². The Morgan fingerprint density at radius 3 is 2.44 bits per heavy atom. The second-order valence-corrected chi connectivity index (χ2v) is 6.72. The Labute approximate surface area is 166 Å². The minimum Gasteiger partial charge on any atom is -0.356 e. The summed E-state index contributed by atoms with van der Waals surface area (Å²) in [6.07, 6.45) is 0.275. The number of hydrogen-bond acceptors (Lipinski definition) is 2. The first-order chi connectivity index (χ1) is 11.4. The molecule has 0 saturated carbocycles. The van der Waals surface area contributed by atoms with Gasteiger partial charge in [0.25, 0.3) is 0 Å². The minimum atomic E-state index is -0.503. The van der Waals surface area contributed by atoms with E-state index in [1.165, 1.54) is 18.2 Å². The van der Waals surface area contributed by atoms with E-state index in [1.807, 2.05) is 0 Å². The topological polar surface area (TPSA) is 39.7 Å². The molecule has 2 rings (SSSR count). The van der Waals surface area contributed by atoms with Crippen LogP contribution in [0.15, 0.2) is 23.2 Å². The lowest BCUT2D eigenvalue weighted by atomic mass is 10.1. The molecule has 1 fully saturated rings. The Morgan fingerprint density at radius 2 is 1.92 bits per heavy atom. The van der Waals surface area contributed by atoms with E-state index in [1.54, 1.807) is 7.05 Å². The molecule has 0 bridgehead atoms. The van der Waals surface area contributed by atoms with Gasteiger partial charge in [-0.2, -0.15) is 0 Å². The van der Waals surface area contributed by atoms with Crippen molar-refractivity contribution in [2.75, 3.05) is 26.7 Å². The van der Waals surface area contributed by atoms with Crippen LogP contribution < -0.4 is 10.6 Å². The van der Waals surface area contributed by atoms with Gasteiger partial charge in [-0.1, -0.05) is 13.0 Å². The van der Waals surface area contributed by atoms with E-state index in [2.05, 4.69) is 41.3 Å². The first-order valence-corrected chi connectivity index (χ1v) is 8.56. The first kappa shape index (κ1) is 22.1. The predicted octanol–water partition coefficient (Wildman–Crippen LogP) is 3.02. The Morgan fingerprint density at radius 1 is 1.28 bits per heavy atom. The van der Waals surface area contributed by atoms with Crippen molar-refractivity contribution in [3.8, 4) is 0 Å². The Kier molecular flexibility index (Phi) is 9.06. The molecule has 25 heavy (non-hydrogen) atoms. The van der Waals surface area contributed by atoms with Gasteiger partial charge in [0.05, 0.1) is 0 Å². The molecule has 1 heterocycles. The van der Waals surface area contributed by atoms with Crippen molar-refractivity contribution in [2.24, 2.45) is 10.9 Å². The van der Waals surface area contributed by atoms with Crippen LogP contribution in [0.2, 0.25) is 0 Å². The van der Waals surface area contributed by atoms with E-state index in [4.69, 9.17) is 0 Å². The molecule has 0 amide bonds. The lowest BCUT2D eigenvalue weighted by Gasteiger charge is -2.22. The summed E-state index contributed by atoms with van der Waals surface area (Å²) in [5.41, 5.74) is 0.112. The van der Waals surface area contributed by atoms with Crippen molar-refractivity contribution in [2.45, 2.75) is 39.3 Å². The van der Waals surface area contributed by atoms with Crippen LogP contribution in [-0.2, 0) is 6.42 Å². The van der Waals surface area contributed by atoms with E-state index in [-0.39, 0.29) is 36.0 Å². The first-order valence-electron chi connectivity index (χ1n) is 8.56. The Balaban J connectivity index is 0.00000312. The normalized spacial score (nSPS) is 21.3. The summed E-state index contributed by atoms with van der Waals surface area (Å²) in [5.74, 6) is 0.192. The Bertz CT molecular complexity index is 560. The van der Waals surface area contributed by atoms with Gasteiger partial charge in [-0.15, -0.1) is 24.0 Å². The minimum absolute atomic E-state index is 0. The molecule has 1 aliphatic rings. The lowest BCUT2D eigenvalue weighted by Crippen LogP contribution is -2.47. The molecular formula is C18H29F2IN4. The molecule has 0 radical (unpaired) electrons. The van der Waals surface area contributed by atoms with Gasteiger partial charge >= 0.3 is 0 Å². The van der Waals surface area contributed by atoms with E-state index in [9.17, 15) is 8.78 Å². The third-order valence-electron chi connectivity index (χ3n) is 4.65. The van der Waals surface area contributed by atoms with Crippen molar-refractivity contribution in [1.29, 1.82) is 0 Å². The van der Waals surface area contributed by atoms with Crippen LogP contribution in [0.25, 0.3) is 0 Å². The predicted molar refractivity (Wildman–Crippen MR) is 110 cm³/mol. The third kappa shape index (κ3) is 6.06. The summed E-state index contributed by atoms with van der Waals surface area (Å²) < 4.78 is 27.3. The highest BCUT2D eigenvalue weighted by molar-refractivity contribution is 14.0. The van der Waals surface area contributed by atoms with Gasteiger partial charge in [0, 0.05) is 44.3 Å². The monoisotopic (exact) mass is 466 g/mol. The molecule has 4 nitrogen and oxygen atoms in total. The standard InChI is InChI=1S/C18H28F2N4.HI/c1-12(2)24-10-13(3)17(11-24)23-18(21-4)22-9-8-14-15(19)6-5-7-16(14)20;/h5-7,12-13,17H,8-11H2,1-4H3,(H2,21,22,23);1H. The van der Waals surface area contributed by atoms with Gasteiger partial charge in [0.1, 0.15) is 11.6 Å². The highest BCUT2D eigenvalue weighted by Gasteiger charge is 2.31. The number of aliphatic imine (C=N–C) groups is 1. The zero-order valence-corrected chi connectivity index (χ0v) is 17.7. The smallest absolute Gasteiger partial charge is 0.191 e. The van der Waals surface area contributed by atoms with E-state index < -0.39 is 11.6 Å². The van der Waals surface area contributed by atoms with Gasteiger partial charge in [-0.25, -0.2) is 8.78 Å². The lowest BCUT2D eigenvalue weighted by molar-refractivity contribution is 0.265. The van der Waals surface area contributed by atoms with Gasteiger partial charge in [0.15, 0.2) is 5.96 Å². The molecule has 142 valence electrons. The largest absolute Gasteiger partial charge is 0.356 e. The molecule has 1 aromatic carbocycles. The van der Waals surface area contributed by atoms with Crippen molar-refractivity contribution in [3.05, 3.63) is 35.4 Å². The van der Waals surface area contributed by atoms with Crippen LogP contribution in [0, 0.1) is 17.6 Å². The maximum atomic E-state index is 13.6. The maximum absolute atomic E-state index is 13.6. The number of halogens is 3. The summed E-state index contributed by atoms with van der Waals surface area (Å²) in [5, 5.41) is 6.58. The number of hydrogen-bond donors (Lipinski definition) is 2. The molecule has 2 N–H and O–H groups in total. The number of likely N-dealkylation sites (tertiary alicyclic amines) is 1. The zero-order valence-electron chi connectivity index (χ0n) is 15.4. The van der Waals surface area contributed by atoms with E-state index in [0.717, 1.165) is 13.1 Å². The number of guanidine groups is 1. The summed E-state index contributed by atoms with van der Waals surface area (Å²) in [6.45, 7) is 9.08. The van der Waals surface area contributed by atoms with Crippen molar-refractivity contribution >= 4 is 29.9 Å². The summed E-state index contributed by atoms with van der Waals surface area (Å²) in [7, 11) is 1.71. The molecule has 1 aliphatic heterocycles. The summed E-state index contributed by atoms with van der Waals surface area (Å²) in [6, 6.07) is 4.80. The highest BCUT2D eigenvalue weighted by atomic mass is 127. The molecule has 0 aliphatic carbocycles. The molecule has 2 atom stereocenters. The van der Waals surface area contributed by atoms with Crippen LogP contribution in [0.3, 0.4) is 0 Å². The fourth-order valence-electron chi connectivity index (χ4n) is 3.06. The van der Waals surface area contributed by atoms with Crippen LogP contribution in [0.4, 0.5) is 8.78 Å². The number of benzene rings is 1. The van der Waals surface area contributed by atoms with Gasteiger partial charge in [0.2, 0.25) is 0 Å². The quantitative estimate of drug-likeness (QED) is 0.398. The van der Waals surface area contributed by atoms with Crippen LogP contribution in [0.5, 0.6) is 0 Å². The van der Waals surface area contributed by atoms with Crippen molar-refractivity contribution in [3.63, 3.8) is 0 Å². The van der Waals surface area contributed by atoms with E-state index in [0.29, 0.717) is 30.5 Å². The molecule has 7 heteroatoms. The zero-order chi connectivity index (χ0) is 17.7. The van der Waals surface area contributed by atoms with Crippen molar-refractivity contribution < 1.29 is 8.78 Å². The SMILES string of the molecule is CN=C(NCCc1c(F)cccc1F)NC1CN(C(C)C)CC1C.I. The highest BCUT2D eigenvalue weighted by Crippen LogP contribution is 2.18. The molecule has 2 unspecified atom stereocenters. The van der Waals surface area contributed by atoms with Gasteiger partial charge < -0.3 is 10.6 Å². The Hall–Kier alpha value is -0.960. The molecule has 1 saturated heterocycles. The van der Waals surface area contributed by atoms with Gasteiger partial charge in [-0.05, 0) is 38.3 Å². The third-order valence-corrected chi connectivity index (χ3v) is 4.65. The fourth-order valence-corrected chi connectivity index (χ4v) is 3.06. The fraction of sp³-hybridized carbons (Fsp3) is 0.611. The maximum Gasteiger partial charge on any atom is 0.191 e. The molecule has 0 aromatic heterocycles. The average Bonchev–Trinajstić information content (AvgIpc) is 2.90. The van der Waals surface area contributed by atoms with Crippen LogP contribution in [-0.4, -0.2) is 49.6 Å². The molecule has 0 spiro atoms.